The van der Waals surface area contributed by atoms with E-state index in [0.29, 0.717) is 6.42 Å². The van der Waals surface area contributed by atoms with E-state index in [9.17, 15) is 4.79 Å². The summed E-state index contributed by atoms with van der Waals surface area (Å²) in [6.07, 6.45) is 0.317. The van der Waals surface area contributed by atoms with Crippen LogP contribution >= 0.6 is 22.7 Å². The van der Waals surface area contributed by atoms with Crippen LogP contribution in [-0.4, -0.2) is 10.9 Å². The summed E-state index contributed by atoms with van der Waals surface area (Å²) >= 11 is 3.23. The molecule has 3 nitrogen and oxygen atoms in total. The zero-order valence-corrected chi connectivity index (χ0v) is 13.8. The largest absolute Gasteiger partial charge is 0.349 e. The van der Waals surface area contributed by atoms with Gasteiger partial charge in [0.25, 0.3) is 0 Å². The molecule has 0 saturated carbocycles. The van der Waals surface area contributed by atoms with Crippen molar-refractivity contribution in [2.24, 2.45) is 0 Å². The molecular weight excluding hydrogens is 312 g/mol. The lowest BCUT2D eigenvalue weighted by molar-refractivity contribution is -0.121. The molecule has 0 saturated heterocycles. The fraction of sp³-hybridized carbons (Fsp3) is 0.176. The minimum atomic E-state index is -0.00137. The van der Waals surface area contributed by atoms with Gasteiger partial charge in [0.1, 0.15) is 5.01 Å². The van der Waals surface area contributed by atoms with E-state index in [1.807, 2.05) is 54.1 Å². The summed E-state index contributed by atoms with van der Waals surface area (Å²) < 4.78 is 0. The number of aromatic nitrogens is 1. The van der Waals surface area contributed by atoms with Crippen LogP contribution in [0.1, 0.15) is 24.2 Å². The Hall–Kier alpha value is -1.98. The normalized spacial score (nSPS) is 12.0. The molecule has 1 aromatic carbocycles. The summed E-state index contributed by atoms with van der Waals surface area (Å²) in [5.74, 6) is -0.00137. The summed E-state index contributed by atoms with van der Waals surface area (Å²) in [6, 6.07) is 12.0. The number of amides is 1. The monoisotopic (exact) mass is 328 g/mol. The van der Waals surface area contributed by atoms with Gasteiger partial charge in [-0.05, 0) is 23.9 Å². The summed E-state index contributed by atoms with van der Waals surface area (Å²) in [5, 5.41) is 10.0. The Balaban J connectivity index is 1.60. The van der Waals surface area contributed by atoms with Crippen LogP contribution in [0, 0.1) is 0 Å². The Bertz CT molecular complexity index is 735. The number of thiazole rings is 1. The number of nitrogens with zero attached hydrogens (tertiary/aromatic N) is 1. The second-order valence-corrected chi connectivity index (χ2v) is 6.67. The number of rotatable bonds is 5. The number of hydrogen-bond acceptors (Lipinski definition) is 4. The molecule has 1 amide bonds. The quantitative estimate of drug-likeness (QED) is 0.759. The van der Waals surface area contributed by atoms with Crippen LogP contribution in [0.15, 0.2) is 52.5 Å². The minimum Gasteiger partial charge on any atom is -0.349 e. The molecule has 3 aromatic rings. The van der Waals surface area contributed by atoms with E-state index in [1.165, 1.54) is 0 Å². The molecule has 3 rings (SSSR count). The van der Waals surface area contributed by atoms with Crippen molar-refractivity contribution < 1.29 is 4.79 Å². The predicted octanol–water partition coefficient (Wildman–Crippen LogP) is 4.29. The van der Waals surface area contributed by atoms with Gasteiger partial charge in [-0.25, -0.2) is 4.98 Å². The maximum Gasteiger partial charge on any atom is 0.226 e. The zero-order valence-electron chi connectivity index (χ0n) is 12.2. The molecule has 112 valence electrons. The van der Waals surface area contributed by atoms with Crippen molar-refractivity contribution >= 4 is 28.6 Å². The maximum absolute atomic E-state index is 12.1. The van der Waals surface area contributed by atoms with Gasteiger partial charge in [-0.3, -0.25) is 4.79 Å². The molecule has 0 aliphatic heterocycles. The molecule has 0 radical (unpaired) electrons. The van der Waals surface area contributed by atoms with Gasteiger partial charge in [0.2, 0.25) is 5.91 Å². The number of hydrogen-bond donors (Lipinski definition) is 1. The first-order valence-corrected chi connectivity index (χ1v) is 8.86. The summed E-state index contributed by atoms with van der Waals surface area (Å²) in [7, 11) is 0. The van der Waals surface area contributed by atoms with E-state index in [2.05, 4.69) is 15.7 Å². The first-order chi connectivity index (χ1) is 10.7. The second kappa shape index (κ2) is 6.85. The average molecular weight is 328 g/mol. The van der Waals surface area contributed by atoms with Gasteiger partial charge in [0.15, 0.2) is 0 Å². The Morgan fingerprint density at radius 3 is 2.77 bits per heavy atom. The number of benzene rings is 1. The number of thiophene rings is 1. The molecule has 0 aliphatic carbocycles. The first-order valence-electron chi connectivity index (χ1n) is 7.03. The van der Waals surface area contributed by atoms with Crippen molar-refractivity contribution in [1.29, 1.82) is 0 Å². The lowest BCUT2D eigenvalue weighted by atomic mass is 10.1. The number of carbonyl (C=O) groups is 1. The van der Waals surface area contributed by atoms with Gasteiger partial charge in [-0.2, -0.15) is 11.3 Å². The van der Waals surface area contributed by atoms with Crippen molar-refractivity contribution in [1.82, 2.24) is 10.3 Å². The third kappa shape index (κ3) is 3.61. The van der Waals surface area contributed by atoms with Crippen molar-refractivity contribution in [3.63, 3.8) is 0 Å². The van der Waals surface area contributed by atoms with Crippen LogP contribution in [0.5, 0.6) is 0 Å². The van der Waals surface area contributed by atoms with Gasteiger partial charge >= 0.3 is 0 Å². The van der Waals surface area contributed by atoms with Gasteiger partial charge in [-0.15, -0.1) is 11.3 Å². The molecule has 5 heteroatoms. The Morgan fingerprint density at radius 2 is 2.05 bits per heavy atom. The third-order valence-corrected chi connectivity index (χ3v) is 4.96. The molecule has 0 aliphatic rings. The Labute approximate surface area is 137 Å². The fourth-order valence-electron chi connectivity index (χ4n) is 2.19. The molecule has 1 unspecified atom stereocenters. The lowest BCUT2D eigenvalue weighted by Gasteiger charge is -2.13. The standard InChI is InChI=1S/C17H16N2OS2/c1-12(13-5-3-2-4-6-13)18-16(20)9-15-11-22-17(19-15)14-7-8-21-10-14/h2-8,10-12H,9H2,1H3,(H,18,20). The summed E-state index contributed by atoms with van der Waals surface area (Å²) in [5.41, 5.74) is 3.05. The van der Waals surface area contributed by atoms with E-state index < -0.39 is 0 Å². The van der Waals surface area contributed by atoms with Gasteiger partial charge in [0.05, 0.1) is 18.2 Å². The molecule has 0 fully saturated rings. The van der Waals surface area contributed by atoms with Crippen LogP contribution in [-0.2, 0) is 11.2 Å². The molecule has 2 aromatic heterocycles. The van der Waals surface area contributed by atoms with Crippen molar-refractivity contribution in [2.75, 3.05) is 0 Å². The zero-order chi connectivity index (χ0) is 15.4. The van der Waals surface area contributed by atoms with E-state index in [1.54, 1.807) is 22.7 Å². The molecule has 0 spiro atoms. The van der Waals surface area contributed by atoms with Gasteiger partial charge < -0.3 is 5.32 Å². The van der Waals surface area contributed by atoms with Gasteiger partial charge in [0, 0.05) is 16.3 Å². The van der Waals surface area contributed by atoms with Crippen molar-refractivity contribution in [3.8, 4) is 10.6 Å². The van der Waals surface area contributed by atoms with E-state index in [-0.39, 0.29) is 11.9 Å². The Morgan fingerprint density at radius 1 is 1.23 bits per heavy atom. The second-order valence-electron chi connectivity index (χ2n) is 5.03. The van der Waals surface area contributed by atoms with Crippen LogP contribution in [0.2, 0.25) is 0 Å². The van der Waals surface area contributed by atoms with Crippen LogP contribution in [0.25, 0.3) is 10.6 Å². The Kier molecular flexibility index (Phi) is 4.65. The van der Waals surface area contributed by atoms with Gasteiger partial charge in [-0.1, -0.05) is 30.3 Å². The maximum atomic E-state index is 12.1. The van der Waals surface area contributed by atoms with Crippen LogP contribution < -0.4 is 5.32 Å². The topological polar surface area (TPSA) is 42.0 Å². The van der Waals surface area contributed by atoms with Crippen LogP contribution in [0.3, 0.4) is 0 Å². The van der Waals surface area contributed by atoms with Crippen LogP contribution in [0.4, 0.5) is 0 Å². The molecule has 2 heterocycles. The van der Waals surface area contributed by atoms with E-state index >= 15 is 0 Å². The highest BCUT2D eigenvalue weighted by Crippen LogP contribution is 2.25. The summed E-state index contributed by atoms with van der Waals surface area (Å²) in [4.78, 5) is 16.7. The summed E-state index contributed by atoms with van der Waals surface area (Å²) in [6.45, 7) is 1.99. The lowest BCUT2D eigenvalue weighted by Crippen LogP contribution is -2.28. The molecule has 1 atom stereocenters. The highest BCUT2D eigenvalue weighted by molar-refractivity contribution is 7.14. The molecule has 1 N–H and O–H groups in total. The minimum absolute atomic E-state index is 0.00137. The van der Waals surface area contributed by atoms with Crippen molar-refractivity contribution in [3.05, 3.63) is 63.8 Å². The highest BCUT2D eigenvalue weighted by Gasteiger charge is 2.12. The molecular formula is C17H16N2OS2. The van der Waals surface area contributed by atoms with E-state index in [4.69, 9.17) is 0 Å². The van der Waals surface area contributed by atoms with E-state index in [0.717, 1.165) is 21.8 Å². The molecule has 22 heavy (non-hydrogen) atoms. The number of carbonyl (C=O) groups excluding carboxylic acids is 1. The van der Waals surface area contributed by atoms with Crippen molar-refractivity contribution in [2.45, 2.75) is 19.4 Å². The fourth-order valence-corrected chi connectivity index (χ4v) is 3.72. The highest BCUT2D eigenvalue weighted by atomic mass is 32.1. The first kappa shape index (κ1) is 14.9. The average Bonchev–Trinajstić information content (AvgIpc) is 3.19. The molecule has 0 bridgehead atoms. The SMILES string of the molecule is CC(NC(=O)Cc1csc(-c2ccsc2)n1)c1ccccc1. The number of nitrogens with one attached hydrogen (secondary N) is 1. The smallest absolute Gasteiger partial charge is 0.226 e. The predicted molar refractivity (Wildman–Crippen MR) is 92.1 cm³/mol. The third-order valence-electron chi connectivity index (χ3n) is 3.34.